The lowest BCUT2D eigenvalue weighted by molar-refractivity contribution is -0.118. The monoisotopic (exact) mass is 276 g/mol. The zero-order valence-electron chi connectivity index (χ0n) is 9.55. The molecular weight excluding hydrogens is 263 g/mol. The molecule has 0 aliphatic rings. The van der Waals surface area contributed by atoms with Crippen LogP contribution in [0.4, 0.5) is 11.6 Å². The predicted molar refractivity (Wildman–Crippen MR) is 70.7 cm³/mol. The Morgan fingerprint density at radius 2 is 2.06 bits per heavy atom. The van der Waals surface area contributed by atoms with Crippen molar-refractivity contribution in [3.63, 3.8) is 0 Å². The molecule has 1 unspecified atom stereocenters. The zero-order valence-corrected chi connectivity index (χ0v) is 11.1. The van der Waals surface area contributed by atoms with Gasteiger partial charge in [0.1, 0.15) is 11.6 Å². The van der Waals surface area contributed by atoms with Crippen LogP contribution in [0, 0.1) is 0 Å². The van der Waals surface area contributed by atoms with Crippen LogP contribution in [0.3, 0.4) is 0 Å². The third-order valence-corrected chi connectivity index (χ3v) is 2.63. The summed E-state index contributed by atoms with van der Waals surface area (Å²) in [5.41, 5.74) is 5.10. The lowest BCUT2D eigenvalue weighted by Crippen LogP contribution is -2.24. The highest BCUT2D eigenvalue weighted by Crippen LogP contribution is 2.29. The maximum atomic E-state index is 10.8. The number of hydrogen-bond acceptors (Lipinski definition) is 4. The summed E-state index contributed by atoms with van der Waals surface area (Å²) in [7, 11) is 1.71. The summed E-state index contributed by atoms with van der Waals surface area (Å²) in [6.07, 6.45) is 0.204. The Hall–Kier alpha value is -1.20. The lowest BCUT2D eigenvalue weighted by atomic mass is 10.2. The average molecular weight is 277 g/mol. The smallest absolute Gasteiger partial charge is 0.219 e. The van der Waals surface area contributed by atoms with E-state index in [1.54, 1.807) is 13.1 Å². The number of nitrogens with one attached hydrogen (secondary N) is 2. The number of pyridine rings is 1. The molecule has 0 spiro atoms. The molecule has 1 atom stereocenters. The maximum Gasteiger partial charge on any atom is 0.219 e. The number of primary amides is 1. The van der Waals surface area contributed by atoms with Gasteiger partial charge in [-0.2, -0.15) is 0 Å². The zero-order chi connectivity index (χ0) is 13.0. The highest BCUT2D eigenvalue weighted by Gasteiger charge is 2.12. The number of carbonyl (C=O) groups excluding carboxylic acids is 1. The van der Waals surface area contributed by atoms with E-state index in [9.17, 15) is 4.79 Å². The third-order valence-electron chi connectivity index (χ3n) is 2.06. The van der Waals surface area contributed by atoms with Gasteiger partial charge in [0.2, 0.25) is 5.91 Å². The van der Waals surface area contributed by atoms with E-state index >= 15 is 0 Å². The van der Waals surface area contributed by atoms with E-state index in [-0.39, 0.29) is 18.4 Å². The fraction of sp³-hybridized carbons (Fsp3) is 0.400. The van der Waals surface area contributed by atoms with E-state index in [1.165, 1.54) is 0 Å². The molecule has 1 amide bonds. The van der Waals surface area contributed by atoms with E-state index < -0.39 is 0 Å². The molecule has 0 aromatic carbocycles. The number of nitrogens with zero attached hydrogens (tertiary/aromatic N) is 1. The molecule has 0 fully saturated rings. The van der Waals surface area contributed by atoms with Crippen molar-refractivity contribution in [2.75, 3.05) is 17.7 Å². The number of aromatic nitrogens is 1. The van der Waals surface area contributed by atoms with Crippen LogP contribution in [0.25, 0.3) is 0 Å². The number of hydrogen-bond donors (Lipinski definition) is 3. The first kappa shape index (κ1) is 13.9. The Kier molecular flexibility index (Phi) is 4.84. The molecular formula is C10H14Cl2N4O. The maximum absolute atomic E-state index is 10.8. The van der Waals surface area contributed by atoms with Gasteiger partial charge in [-0.25, -0.2) is 4.98 Å². The Balaban J connectivity index is 2.87. The molecule has 1 rings (SSSR count). The van der Waals surface area contributed by atoms with Crippen molar-refractivity contribution in [1.82, 2.24) is 4.98 Å². The van der Waals surface area contributed by atoms with Crippen molar-refractivity contribution in [1.29, 1.82) is 0 Å². The van der Waals surface area contributed by atoms with Crippen LogP contribution >= 0.6 is 23.2 Å². The quantitative estimate of drug-likeness (QED) is 0.770. The second-order valence-corrected chi connectivity index (χ2v) is 4.43. The molecule has 0 saturated heterocycles. The third kappa shape index (κ3) is 3.94. The molecule has 0 saturated carbocycles. The van der Waals surface area contributed by atoms with Gasteiger partial charge >= 0.3 is 0 Å². The minimum Gasteiger partial charge on any atom is -0.372 e. The highest BCUT2D eigenvalue weighted by atomic mass is 35.5. The molecule has 1 aromatic heterocycles. The normalized spacial score (nSPS) is 12.0. The van der Waals surface area contributed by atoms with Gasteiger partial charge < -0.3 is 16.4 Å². The average Bonchev–Trinajstić information content (AvgIpc) is 2.20. The largest absolute Gasteiger partial charge is 0.372 e. The van der Waals surface area contributed by atoms with E-state index in [1.807, 2.05) is 6.92 Å². The van der Waals surface area contributed by atoms with Crippen LogP contribution in [0.2, 0.25) is 10.0 Å². The van der Waals surface area contributed by atoms with Crippen LogP contribution < -0.4 is 16.4 Å². The molecule has 1 heterocycles. The first-order valence-electron chi connectivity index (χ1n) is 5.02. The molecule has 17 heavy (non-hydrogen) atoms. The Morgan fingerprint density at radius 3 is 2.59 bits per heavy atom. The van der Waals surface area contributed by atoms with Crippen molar-refractivity contribution in [2.24, 2.45) is 5.73 Å². The molecule has 0 radical (unpaired) electrons. The summed E-state index contributed by atoms with van der Waals surface area (Å²) in [4.78, 5) is 15.0. The van der Waals surface area contributed by atoms with Gasteiger partial charge in [-0.1, -0.05) is 23.2 Å². The van der Waals surface area contributed by atoms with E-state index in [0.717, 1.165) is 0 Å². The van der Waals surface area contributed by atoms with Crippen LogP contribution in [0.1, 0.15) is 13.3 Å². The minimum atomic E-state index is -0.385. The molecule has 0 aliphatic heterocycles. The van der Waals surface area contributed by atoms with Crippen molar-refractivity contribution in [3.8, 4) is 0 Å². The number of amides is 1. The first-order chi connectivity index (χ1) is 7.93. The Morgan fingerprint density at radius 1 is 1.47 bits per heavy atom. The number of rotatable bonds is 5. The molecule has 0 aliphatic carbocycles. The van der Waals surface area contributed by atoms with Crippen LogP contribution in [0.5, 0.6) is 0 Å². The van der Waals surface area contributed by atoms with Gasteiger partial charge in [0.15, 0.2) is 0 Å². The number of carbonyl (C=O) groups is 1. The molecule has 4 N–H and O–H groups in total. The van der Waals surface area contributed by atoms with Crippen molar-refractivity contribution < 1.29 is 4.79 Å². The van der Waals surface area contributed by atoms with Gasteiger partial charge in [-0.05, 0) is 13.0 Å². The standard InChI is InChI=1S/C10H14Cl2N4O/c1-5(3-8(13)17)15-10-7(12)4-6(11)9(14-2)16-10/h4-5H,3H2,1-2H3,(H2,13,17)(H2,14,15,16). The first-order valence-corrected chi connectivity index (χ1v) is 5.78. The minimum absolute atomic E-state index is 0.150. The Bertz CT molecular complexity index is 425. The van der Waals surface area contributed by atoms with E-state index in [2.05, 4.69) is 15.6 Å². The van der Waals surface area contributed by atoms with Gasteiger partial charge in [0.25, 0.3) is 0 Å². The van der Waals surface area contributed by atoms with Gasteiger partial charge in [0, 0.05) is 19.5 Å². The highest BCUT2D eigenvalue weighted by molar-refractivity contribution is 6.37. The van der Waals surface area contributed by atoms with Crippen LogP contribution in [0.15, 0.2) is 6.07 Å². The van der Waals surface area contributed by atoms with Crippen LogP contribution in [-0.2, 0) is 4.79 Å². The second kappa shape index (κ2) is 5.93. The molecule has 5 nitrogen and oxygen atoms in total. The number of anilines is 2. The summed E-state index contributed by atoms with van der Waals surface area (Å²) in [6.45, 7) is 1.82. The lowest BCUT2D eigenvalue weighted by Gasteiger charge is -2.15. The van der Waals surface area contributed by atoms with Gasteiger partial charge in [0.05, 0.1) is 10.0 Å². The molecule has 7 heteroatoms. The second-order valence-electron chi connectivity index (χ2n) is 3.62. The number of nitrogens with two attached hydrogens (primary N) is 1. The SMILES string of the molecule is CNc1nc(NC(C)CC(N)=O)c(Cl)cc1Cl. The summed E-state index contributed by atoms with van der Waals surface area (Å²) in [5, 5.41) is 6.67. The topological polar surface area (TPSA) is 80.0 Å². The summed E-state index contributed by atoms with van der Waals surface area (Å²) in [6, 6.07) is 1.43. The van der Waals surface area contributed by atoms with Gasteiger partial charge in [-0.3, -0.25) is 4.79 Å². The summed E-state index contributed by atoms with van der Waals surface area (Å²) in [5.74, 6) is 0.600. The van der Waals surface area contributed by atoms with Crippen molar-refractivity contribution in [2.45, 2.75) is 19.4 Å². The summed E-state index contributed by atoms with van der Waals surface area (Å²) >= 11 is 11.9. The number of halogens is 2. The molecule has 1 aromatic rings. The predicted octanol–water partition coefficient (Wildman–Crippen LogP) is 2.11. The Labute approximate surface area is 110 Å². The fourth-order valence-electron chi connectivity index (χ4n) is 1.33. The van der Waals surface area contributed by atoms with Crippen molar-refractivity contribution in [3.05, 3.63) is 16.1 Å². The molecule has 0 bridgehead atoms. The van der Waals surface area contributed by atoms with E-state index in [0.29, 0.717) is 21.7 Å². The van der Waals surface area contributed by atoms with Crippen LogP contribution in [-0.4, -0.2) is 24.0 Å². The van der Waals surface area contributed by atoms with E-state index in [4.69, 9.17) is 28.9 Å². The molecule has 94 valence electrons. The fourth-order valence-corrected chi connectivity index (χ4v) is 1.84. The summed E-state index contributed by atoms with van der Waals surface area (Å²) < 4.78 is 0. The van der Waals surface area contributed by atoms with Gasteiger partial charge in [-0.15, -0.1) is 0 Å². The van der Waals surface area contributed by atoms with Crippen molar-refractivity contribution >= 4 is 40.7 Å².